The molecule has 0 saturated carbocycles. The summed E-state index contributed by atoms with van der Waals surface area (Å²) in [7, 11) is 0. The number of fused-ring (bicyclic) bond motifs is 1. The molecule has 4 heterocycles. The van der Waals surface area contributed by atoms with Gasteiger partial charge >= 0.3 is 0 Å². The number of amidine groups is 1. The topological polar surface area (TPSA) is 74.9 Å². The number of aromatic nitrogens is 3. The summed E-state index contributed by atoms with van der Waals surface area (Å²) in [6, 6.07) is 3.16. The Balaban J connectivity index is 1.66. The molecule has 1 saturated heterocycles. The molecular weight excluding hydrogens is 414 g/mol. The fourth-order valence-corrected chi connectivity index (χ4v) is 4.04. The van der Waals surface area contributed by atoms with Gasteiger partial charge in [0.25, 0.3) is 0 Å². The zero-order valence-corrected chi connectivity index (χ0v) is 18.4. The van der Waals surface area contributed by atoms with Crippen LogP contribution in [0.5, 0.6) is 0 Å². The number of carbonyl (C=O) groups excluding carboxylic acids is 1. The number of hydrogen-bond acceptors (Lipinski definition) is 5. The Bertz CT molecular complexity index is 1180. The first-order valence-electron chi connectivity index (χ1n) is 10.7. The molecular formula is C23H26F2N6O. The number of nitrogens with zero attached hydrogens (tertiary/aromatic N) is 5. The Kier molecular flexibility index (Phi) is 6.01. The number of rotatable bonds is 5. The number of imidazole rings is 1. The van der Waals surface area contributed by atoms with Gasteiger partial charge in [0.2, 0.25) is 6.41 Å². The average molecular weight is 440 g/mol. The molecule has 4 rings (SSSR count). The van der Waals surface area contributed by atoms with E-state index in [4.69, 9.17) is 0 Å². The molecule has 3 aromatic rings. The van der Waals surface area contributed by atoms with Crippen molar-refractivity contribution in [1.29, 1.82) is 0 Å². The summed E-state index contributed by atoms with van der Waals surface area (Å²) in [6.07, 6.45) is 6.00. The van der Waals surface area contributed by atoms with Gasteiger partial charge in [0, 0.05) is 43.9 Å². The van der Waals surface area contributed by atoms with Crippen molar-refractivity contribution >= 4 is 23.6 Å². The van der Waals surface area contributed by atoms with E-state index >= 15 is 4.39 Å². The summed E-state index contributed by atoms with van der Waals surface area (Å²) in [5, 5.41) is 2.47. The molecule has 3 aromatic heterocycles. The van der Waals surface area contributed by atoms with E-state index in [0.29, 0.717) is 36.4 Å². The molecule has 0 spiro atoms. The maximum absolute atomic E-state index is 15.6. The molecule has 168 valence electrons. The summed E-state index contributed by atoms with van der Waals surface area (Å²) in [5.74, 6) is -0.435. The van der Waals surface area contributed by atoms with Crippen LogP contribution in [0.3, 0.4) is 0 Å². The van der Waals surface area contributed by atoms with Gasteiger partial charge in [-0.25, -0.2) is 18.8 Å². The number of pyridine rings is 2. The number of likely N-dealkylation sites (tertiary alicyclic amines) is 1. The van der Waals surface area contributed by atoms with E-state index in [1.165, 1.54) is 12.3 Å². The number of piperidine rings is 1. The van der Waals surface area contributed by atoms with Gasteiger partial charge in [0.1, 0.15) is 5.84 Å². The Hall–Kier alpha value is -3.20. The predicted molar refractivity (Wildman–Crippen MR) is 119 cm³/mol. The van der Waals surface area contributed by atoms with Crippen LogP contribution in [0.15, 0.2) is 35.7 Å². The van der Waals surface area contributed by atoms with Crippen molar-refractivity contribution in [2.45, 2.75) is 39.3 Å². The quantitative estimate of drug-likeness (QED) is 0.373. The van der Waals surface area contributed by atoms with E-state index < -0.39 is 11.5 Å². The van der Waals surface area contributed by atoms with E-state index in [0.717, 1.165) is 17.8 Å². The van der Waals surface area contributed by atoms with Gasteiger partial charge in [0.05, 0.1) is 23.3 Å². The lowest BCUT2D eigenvalue weighted by Gasteiger charge is -2.36. The zero-order chi connectivity index (χ0) is 22.9. The van der Waals surface area contributed by atoms with Crippen LogP contribution in [-0.2, 0) is 4.79 Å². The van der Waals surface area contributed by atoms with E-state index in [1.807, 2.05) is 13.8 Å². The van der Waals surface area contributed by atoms with Crippen molar-refractivity contribution in [3.63, 3.8) is 0 Å². The highest BCUT2D eigenvalue weighted by molar-refractivity contribution is 5.98. The van der Waals surface area contributed by atoms with Crippen molar-refractivity contribution in [2.24, 2.45) is 4.99 Å². The highest BCUT2D eigenvalue weighted by atomic mass is 19.1. The van der Waals surface area contributed by atoms with Gasteiger partial charge < -0.3 is 14.6 Å². The van der Waals surface area contributed by atoms with Crippen LogP contribution in [0.4, 0.5) is 14.5 Å². The van der Waals surface area contributed by atoms with Gasteiger partial charge in [0.15, 0.2) is 17.1 Å². The van der Waals surface area contributed by atoms with Crippen LogP contribution in [-0.4, -0.2) is 56.8 Å². The normalized spacial score (nSPS) is 17.0. The van der Waals surface area contributed by atoms with E-state index in [-0.39, 0.29) is 24.3 Å². The standard InChI is InChI=1S/C23H26F2N6O/c1-4-30-7-5-23(25,6-8-30)22(27-14-32)29-20-11-26-19(9-15(20)2)17-10-18(24)21-28-16(3)12-31(21)13-17/h9-14H,4-8H2,1-3H3,(H,27,29,32). The summed E-state index contributed by atoms with van der Waals surface area (Å²) >= 11 is 0. The van der Waals surface area contributed by atoms with E-state index in [9.17, 15) is 9.18 Å². The first-order valence-corrected chi connectivity index (χ1v) is 10.7. The lowest BCUT2D eigenvalue weighted by molar-refractivity contribution is -0.108. The molecule has 1 N–H and O–H groups in total. The Morgan fingerprint density at radius 2 is 2.03 bits per heavy atom. The van der Waals surface area contributed by atoms with Crippen molar-refractivity contribution in [2.75, 3.05) is 19.6 Å². The second-order valence-electron chi connectivity index (χ2n) is 8.17. The molecule has 1 aliphatic rings. The maximum atomic E-state index is 15.6. The summed E-state index contributed by atoms with van der Waals surface area (Å²) < 4.78 is 31.7. The fourth-order valence-electron chi connectivity index (χ4n) is 4.04. The van der Waals surface area contributed by atoms with Crippen LogP contribution >= 0.6 is 0 Å². The average Bonchev–Trinajstić information content (AvgIpc) is 3.16. The molecule has 0 unspecified atom stereocenters. The molecule has 1 fully saturated rings. The minimum absolute atomic E-state index is 0.00209. The fraction of sp³-hybridized carbons (Fsp3) is 0.391. The van der Waals surface area contributed by atoms with Crippen LogP contribution < -0.4 is 5.32 Å². The van der Waals surface area contributed by atoms with E-state index in [2.05, 4.69) is 25.2 Å². The molecule has 32 heavy (non-hydrogen) atoms. The minimum atomic E-state index is -1.70. The lowest BCUT2D eigenvalue weighted by atomic mass is 9.91. The van der Waals surface area contributed by atoms with Crippen molar-refractivity contribution in [3.8, 4) is 11.3 Å². The van der Waals surface area contributed by atoms with E-state index in [1.54, 1.807) is 29.8 Å². The lowest BCUT2D eigenvalue weighted by Crippen LogP contribution is -2.50. The van der Waals surface area contributed by atoms with Gasteiger partial charge in [-0.1, -0.05) is 6.92 Å². The molecule has 0 atom stereocenters. The number of alkyl halides is 1. The van der Waals surface area contributed by atoms with Gasteiger partial charge in [-0.2, -0.15) is 0 Å². The Morgan fingerprint density at radius 3 is 2.69 bits per heavy atom. The molecule has 1 aliphatic heterocycles. The molecule has 0 aromatic carbocycles. The Labute approximate surface area is 185 Å². The number of nitrogens with one attached hydrogen (secondary N) is 1. The van der Waals surface area contributed by atoms with Crippen molar-refractivity contribution in [3.05, 3.63) is 47.8 Å². The maximum Gasteiger partial charge on any atom is 0.212 e. The van der Waals surface area contributed by atoms with Gasteiger partial charge in [-0.3, -0.25) is 9.78 Å². The predicted octanol–water partition coefficient (Wildman–Crippen LogP) is 3.75. The largest absolute Gasteiger partial charge is 0.314 e. The number of aliphatic imine (C=N–C) groups is 1. The molecule has 9 heteroatoms. The molecule has 0 bridgehead atoms. The van der Waals surface area contributed by atoms with Crippen molar-refractivity contribution < 1.29 is 13.6 Å². The van der Waals surface area contributed by atoms with Crippen LogP contribution in [0.1, 0.15) is 31.0 Å². The van der Waals surface area contributed by atoms with Crippen molar-refractivity contribution in [1.82, 2.24) is 24.6 Å². The Morgan fingerprint density at radius 1 is 1.28 bits per heavy atom. The first kappa shape index (κ1) is 22.0. The van der Waals surface area contributed by atoms with Gasteiger partial charge in [-0.05, 0) is 38.1 Å². The number of aryl methyl sites for hydroxylation is 2. The van der Waals surface area contributed by atoms with Crippen LogP contribution in [0.25, 0.3) is 16.9 Å². The third kappa shape index (κ3) is 4.25. The molecule has 0 aliphatic carbocycles. The SMILES string of the molecule is CCN1CCC(F)(/C(=N/c2cnc(-c3cc(F)c4nc(C)cn4c3)cc2C)NC=O)CC1. The highest BCUT2D eigenvalue weighted by Gasteiger charge is 2.39. The second-order valence-corrected chi connectivity index (χ2v) is 8.17. The summed E-state index contributed by atoms with van der Waals surface area (Å²) in [4.78, 5) is 26.3. The molecule has 1 amide bonds. The molecule has 0 radical (unpaired) electrons. The number of amides is 1. The monoisotopic (exact) mass is 440 g/mol. The van der Waals surface area contributed by atoms with Crippen LogP contribution in [0, 0.1) is 19.7 Å². The minimum Gasteiger partial charge on any atom is -0.314 e. The number of halogens is 2. The molecule has 7 nitrogen and oxygen atoms in total. The first-order chi connectivity index (χ1) is 15.3. The van der Waals surface area contributed by atoms with Gasteiger partial charge in [-0.15, -0.1) is 0 Å². The summed E-state index contributed by atoms with van der Waals surface area (Å²) in [5.41, 5.74) is 1.61. The highest BCUT2D eigenvalue weighted by Crippen LogP contribution is 2.31. The third-order valence-corrected chi connectivity index (χ3v) is 5.95. The van der Waals surface area contributed by atoms with Crippen LogP contribution in [0.2, 0.25) is 0 Å². The summed E-state index contributed by atoms with van der Waals surface area (Å²) in [6.45, 7) is 7.73. The smallest absolute Gasteiger partial charge is 0.212 e. The number of hydrogen-bond donors (Lipinski definition) is 1. The zero-order valence-electron chi connectivity index (χ0n) is 18.4. The number of carbonyl (C=O) groups is 1. The second kappa shape index (κ2) is 8.74. The third-order valence-electron chi connectivity index (χ3n) is 5.95.